The molecule has 0 aliphatic carbocycles. The van der Waals surface area contributed by atoms with Crippen LogP contribution in [0.5, 0.6) is 11.5 Å². The third-order valence-corrected chi connectivity index (χ3v) is 6.22. The number of carbonyl (C=O) groups excluding carboxylic acids is 1. The first-order chi connectivity index (χ1) is 15.1. The Morgan fingerprint density at radius 2 is 2.03 bits per heavy atom. The van der Waals surface area contributed by atoms with Gasteiger partial charge in [-0.1, -0.05) is 24.3 Å². The molecule has 2 heterocycles. The fourth-order valence-electron chi connectivity index (χ4n) is 4.33. The number of nitrogens with two attached hydrogens (primary N) is 1. The van der Waals surface area contributed by atoms with E-state index >= 15 is 0 Å². The minimum atomic E-state index is -0.00508. The summed E-state index contributed by atoms with van der Waals surface area (Å²) in [6, 6.07) is 13.9. The van der Waals surface area contributed by atoms with Crippen LogP contribution in [0.25, 0.3) is 6.08 Å². The SMILES string of the molecule is COCCOc1cccc(C=CC(=O)N2CCC3(CC2)COc2ccc(CN)cc23)c1. The first kappa shape index (κ1) is 21.4. The fourth-order valence-corrected chi connectivity index (χ4v) is 4.33. The van der Waals surface area contributed by atoms with E-state index in [0.717, 1.165) is 48.6 Å². The van der Waals surface area contributed by atoms with E-state index in [4.69, 9.17) is 19.9 Å². The highest BCUT2D eigenvalue weighted by Gasteiger charge is 2.43. The summed E-state index contributed by atoms with van der Waals surface area (Å²) in [6.07, 6.45) is 5.29. The van der Waals surface area contributed by atoms with Gasteiger partial charge in [0.25, 0.3) is 0 Å². The Labute approximate surface area is 183 Å². The van der Waals surface area contributed by atoms with E-state index in [-0.39, 0.29) is 11.3 Å². The van der Waals surface area contributed by atoms with Crippen molar-refractivity contribution in [1.29, 1.82) is 0 Å². The van der Waals surface area contributed by atoms with Gasteiger partial charge in [-0.25, -0.2) is 0 Å². The van der Waals surface area contributed by atoms with E-state index < -0.39 is 0 Å². The van der Waals surface area contributed by atoms with Gasteiger partial charge in [0, 0.05) is 43.8 Å². The average molecular weight is 423 g/mol. The van der Waals surface area contributed by atoms with E-state index in [0.29, 0.717) is 26.4 Å². The Morgan fingerprint density at radius 1 is 1.19 bits per heavy atom. The van der Waals surface area contributed by atoms with Gasteiger partial charge < -0.3 is 24.8 Å². The number of likely N-dealkylation sites (tertiary alicyclic amines) is 1. The molecule has 2 aliphatic rings. The largest absolute Gasteiger partial charge is 0.492 e. The van der Waals surface area contributed by atoms with Crippen molar-refractivity contribution in [2.24, 2.45) is 5.73 Å². The third-order valence-electron chi connectivity index (χ3n) is 6.22. The highest BCUT2D eigenvalue weighted by Crippen LogP contribution is 2.45. The van der Waals surface area contributed by atoms with Gasteiger partial charge in [-0.05, 0) is 48.2 Å². The molecule has 2 aliphatic heterocycles. The molecule has 0 unspecified atom stereocenters. The maximum Gasteiger partial charge on any atom is 0.246 e. The number of benzene rings is 2. The van der Waals surface area contributed by atoms with Crippen molar-refractivity contribution in [3.63, 3.8) is 0 Å². The van der Waals surface area contributed by atoms with Crippen molar-refractivity contribution in [2.45, 2.75) is 24.8 Å². The van der Waals surface area contributed by atoms with Crippen LogP contribution in [0.4, 0.5) is 0 Å². The number of rotatable bonds is 7. The number of fused-ring (bicyclic) bond motifs is 2. The number of piperidine rings is 1. The molecule has 1 fully saturated rings. The van der Waals surface area contributed by atoms with E-state index in [9.17, 15) is 4.79 Å². The molecule has 2 aromatic carbocycles. The van der Waals surface area contributed by atoms with Gasteiger partial charge in [-0.3, -0.25) is 4.79 Å². The predicted octanol–water partition coefficient (Wildman–Crippen LogP) is 3.14. The first-order valence-electron chi connectivity index (χ1n) is 10.8. The number of methoxy groups -OCH3 is 1. The van der Waals surface area contributed by atoms with Crippen molar-refractivity contribution in [3.05, 3.63) is 65.2 Å². The molecular weight excluding hydrogens is 392 g/mol. The molecular formula is C25H30N2O4. The number of hydrogen-bond donors (Lipinski definition) is 1. The molecule has 0 radical (unpaired) electrons. The zero-order valence-electron chi connectivity index (χ0n) is 18.0. The van der Waals surface area contributed by atoms with Crippen molar-refractivity contribution < 1.29 is 19.0 Å². The minimum Gasteiger partial charge on any atom is -0.492 e. The highest BCUT2D eigenvalue weighted by atomic mass is 16.5. The molecule has 1 amide bonds. The zero-order chi connectivity index (χ0) is 21.7. The topological polar surface area (TPSA) is 74.0 Å². The number of nitrogens with zero attached hydrogens (tertiary/aromatic N) is 1. The standard InChI is InChI=1S/C25H30N2O4/c1-29-13-14-30-21-4-2-3-19(15-21)6-8-24(28)27-11-9-25(10-12-27)18-31-23-7-5-20(17-26)16-22(23)25/h2-8,15-16H,9-14,17-18,26H2,1H3. The monoisotopic (exact) mass is 422 g/mol. The molecule has 0 aromatic heterocycles. The Hall–Kier alpha value is -2.83. The third kappa shape index (κ3) is 4.75. The normalized spacial score (nSPS) is 17.0. The van der Waals surface area contributed by atoms with E-state index in [2.05, 4.69) is 6.07 Å². The summed E-state index contributed by atoms with van der Waals surface area (Å²) in [5.41, 5.74) is 9.14. The van der Waals surface area contributed by atoms with Gasteiger partial charge in [0.05, 0.1) is 13.2 Å². The summed E-state index contributed by atoms with van der Waals surface area (Å²) >= 11 is 0. The summed E-state index contributed by atoms with van der Waals surface area (Å²) in [5, 5.41) is 0. The highest BCUT2D eigenvalue weighted by molar-refractivity contribution is 5.92. The summed E-state index contributed by atoms with van der Waals surface area (Å²) in [7, 11) is 1.65. The van der Waals surface area contributed by atoms with Crippen LogP contribution in [0.3, 0.4) is 0 Å². The lowest BCUT2D eigenvalue weighted by Gasteiger charge is -2.38. The van der Waals surface area contributed by atoms with Crippen molar-refractivity contribution >= 4 is 12.0 Å². The molecule has 0 bridgehead atoms. The molecule has 0 atom stereocenters. The summed E-state index contributed by atoms with van der Waals surface area (Å²) in [4.78, 5) is 14.7. The van der Waals surface area contributed by atoms with E-state index in [1.54, 1.807) is 13.2 Å². The van der Waals surface area contributed by atoms with Gasteiger partial charge >= 0.3 is 0 Å². The molecule has 4 rings (SSSR count). The van der Waals surface area contributed by atoms with Crippen LogP contribution in [0.15, 0.2) is 48.5 Å². The second-order valence-corrected chi connectivity index (χ2v) is 8.18. The van der Waals surface area contributed by atoms with Crippen LogP contribution in [0, 0.1) is 0 Å². The van der Waals surface area contributed by atoms with Crippen LogP contribution < -0.4 is 15.2 Å². The van der Waals surface area contributed by atoms with Crippen LogP contribution in [-0.2, 0) is 21.5 Å². The number of amides is 1. The van der Waals surface area contributed by atoms with Gasteiger partial charge in [0.2, 0.25) is 5.91 Å². The molecule has 2 N–H and O–H groups in total. The van der Waals surface area contributed by atoms with Crippen LogP contribution >= 0.6 is 0 Å². The second-order valence-electron chi connectivity index (χ2n) is 8.18. The molecule has 6 heteroatoms. The molecule has 1 spiro atoms. The summed E-state index contributed by atoms with van der Waals surface area (Å²) < 4.78 is 16.6. The lowest BCUT2D eigenvalue weighted by atomic mass is 9.74. The van der Waals surface area contributed by atoms with Gasteiger partial charge in [0.15, 0.2) is 0 Å². The van der Waals surface area contributed by atoms with Crippen LogP contribution in [0.2, 0.25) is 0 Å². The number of ether oxygens (including phenoxy) is 3. The van der Waals surface area contributed by atoms with Gasteiger partial charge in [-0.2, -0.15) is 0 Å². The van der Waals surface area contributed by atoms with E-state index in [1.807, 2.05) is 47.4 Å². The van der Waals surface area contributed by atoms with Gasteiger partial charge in [0.1, 0.15) is 18.1 Å². The molecule has 6 nitrogen and oxygen atoms in total. The lowest BCUT2D eigenvalue weighted by molar-refractivity contribution is -0.127. The maximum absolute atomic E-state index is 12.8. The van der Waals surface area contributed by atoms with Crippen molar-refractivity contribution in [1.82, 2.24) is 4.90 Å². The summed E-state index contributed by atoms with van der Waals surface area (Å²) in [6.45, 7) is 3.69. The Balaban J connectivity index is 1.36. The minimum absolute atomic E-state index is 0.00508. The molecule has 2 aromatic rings. The first-order valence-corrected chi connectivity index (χ1v) is 10.8. The number of hydrogen-bond acceptors (Lipinski definition) is 5. The lowest BCUT2D eigenvalue weighted by Crippen LogP contribution is -2.45. The van der Waals surface area contributed by atoms with E-state index in [1.165, 1.54) is 5.56 Å². The Morgan fingerprint density at radius 3 is 2.81 bits per heavy atom. The zero-order valence-corrected chi connectivity index (χ0v) is 18.0. The van der Waals surface area contributed by atoms with Crippen LogP contribution in [-0.4, -0.2) is 50.8 Å². The Kier molecular flexibility index (Phi) is 6.59. The van der Waals surface area contributed by atoms with Crippen LogP contribution in [0.1, 0.15) is 29.5 Å². The smallest absolute Gasteiger partial charge is 0.246 e. The maximum atomic E-state index is 12.8. The fraction of sp³-hybridized carbons (Fsp3) is 0.400. The quantitative estimate of drug-likeness (QED) is 0.548. The summed E-state index contributed by atoms with van der Waals surface area (Å²) in [5.74, 6) is 1.77. The molecule has 1 saturated heterocycles. The molecule has 31 heavy (non-hydrogen) atoms. The van der Waals surface area contributed by atoms with Crippen molar-refractivity contribution in [2.75, 3.05) is 40.0 Å². The second kappa shape index (κ2) is 9.54. The molecule has 164 valence electrons. The van der Waals surface area contributed by atoms with Crippen molar-refractivity contribution in [3.8, 4) is 11.5 Å². The molecule has 0 saturated carbocycles. The Bertz CT molecular complexity index is 948. The average Bonchev–Trinajstić information content (AvgIpc) is 3.15. The predicted molar refractivity (Wildman–Crippen MR) is 120 cm³/mol. The van der Waals surface area contributed by atoms with Gasteiger partial charge in [-0.15, -0.1) is 0 Å². The number of carbonyl (C=O) groups is 1.